The summed E-state index contributed by atoms with van der Waals surface area (Å²) in [6.07, 6.45) is 5.11. The Morgan fingerprint density at radius 2 is 1.95 bits per heavy atom. The number of benzene rings is 2. The fraction of sp³-hybridized carbons (Fsp3) is 0.552. The van der Waals surface area contributed by atoms with Gasteiger partial charge < -0.3 is 19.8 Å². The number of ether oxygens (including phenoxy) is 1. The fourth-order valence-corrected chi connectivity index (χ4v) is 8.31. The van der Waals surface area contributed by atoms with Crippen LogP contribution >= 0.6 is 35.6 Å². The second-order valence-electron chi connectivity index (χ2n) is 11.8. The van der Waals surface area contributed by atoms with Gasteiger partial charge in [0.1, 0.15) is 6.10 Å². The van der Waals surface area contributed by atoms with E-state index in [0.29, 0.717) is 28.6 Å². The van der Waals surface area contributed by atoms with Crippen molar-refractivity contribution >= 4 is 41.5 Å². The number of carbonyl (C=O) groups excluding carboxylic acids is 1. The third-order valence-corrected chi connectivity index (χ3v) is 10.7. The summed E-state index contributed by atoms with van der Waals surface area (Å²) in [5.74, 6) is 1.33. The van der Waals surface area contributed by atoms with E-state index in [4.69, 9.17) is 27.9 Å². The molecule has 38 heavy (non-hydrogen) atoms. The molecule has 1 spiro atoms. The Balaban J connectivity index is 0.00000264. The van der Waals surface area contributed by atoms with Gasteiger partial charge in [-0.05, 0) is 80.3 Å². The van der Waals surface area contributed by atoms with Crippen molar-refractivity contribution in [1.29, 1.82) is 0 Å². The highest BCUT2D eigenvalue weighted by atomic mass is 35.5. The second-order valence-corrected chi connectivity index (χ2v) is 12.6. The molecule has 204 valence electrons. The lowest BCUT2D eigenvalue weighted by molar-refractivity contribution is -0.200. The van der Waals surface area contributed by atoms with E-state index < -0.39 is 17.1 Å². The summed E-state index contributed by atoms with van der Waals surface area (Å²) >= 11 is 12.3. The van der Waals surface area contributed by atoms with Gasteiger partial charge in [-0.2, -0.15) is 0 Å². The molecule has 0 radical (unpaired) electrons. The molecular formula is C29H33Cl3N2O4. The number of rotatable bonds is 5. The van der Waals surface area contributed by atoms with Gasteiger partial charge >= 0.3 is 0 Å². The first-order chi connectivity index (χ1) is 17.7. The predicted octanol–water partition coefficient (Wildman–Crippen LogP) is 4.75. The summed E-state index contributed by atoms with van der Waals surface area (Å²) in [7, 11) is 1.83. The Hall–Kier alpha value is -1.70. The van der Waals surface area contributed by atoms with Crippen LogP contribution in [0.3, 0.4) is 0 Å². The number of aromatic hydroxyl groups is 1. The van der Waals surface area contributed by atoms with Crippen molar-refractivity contribution in [3.05, 3.63) is 57.1 Å². The van der Waals surface area contributed by atoms with Crippen LogP contribution in [0.2, 0.25) is 10.0 Å². The molecule has 2 aliphatic heterocycles. The van der Waals surface area contributed by atoms with Gasteiger partial charge in [0.25, 0.3) is 0 Å². The van der Waals surface area contributed by atoms with Gasteiger partial charge in [0.2, 0.25) is 5.91 Å². The highest BCUT2D eigenvalue weighted by Crippen LogP contribution is 2.66. The van der Waals surface area contributed by atoms with Gasteiger partial charge in [0.05, 0.1) is 33.5 Å². The quantitative estimate of drug-likeness (QED) is 0.535. The smallest absolute Gasteiger partial charge is 0.227 e. The van der Waals surface area contributed by atoms with Crippen LogP contribution in [0.1, 0.15) is 48.8 Å². The molecule has 2 aromatic rings. The standard InChI is InChI=1S/C29H32Cl2N2O4.ClH/c1-32(24(35)13-17-4-6-19(30)20(31)12-17)21-8-9-29(36)23-14-18-5-7-22(34)26-25(18)28(29,27(21)37-26)10-11-33(23)15-16-2-3-16;/h4-7,12,16,21,23,27,34,36H,2-3,8-11,13-15H2,1H3;1H/t21-,23-,27+,28+,29-;/m1./s1. The van der Waals surface area contributed by atoms with E-state index in [2.05, 4.69) is 4.90 Å². The molecule has 7 rings (SSSR count). The van der Waals surface area contributed by atoms with E-state index >= 15 is 0 Å². The maximum absolute atomic E-state index is 13.5. The molecule has 3 fully saturated rings. The maximum Gasteiger partial charge on any atom is 0.227 e. The molecule has 2 aromatic carbocycles. The molecule has 2 heterocycles. The lowest BCUT2D eigenvalue weighted by atomic mass is 9.48. The van der Waals surface area contributed by atoms with Crippen LogP contribution in [-0.4, -0.2) is 69.8 Å². The van der Waals surface area contributed by atoms with Gasteiger partial charge in [-0.1, -0.05) is 35.3 Å². The number of nitrogens with zero attached hydrogens (tertiary/aromatic N) is 2. The van der Waals surface area contributed by atoms with Crippen LogP contribution < -0.4 is 4.74 Å². The number of phenolic OH excluding ortho intramolecular Hbond substituents is 1. The third-order valence-electron chi connectivity index (χ3n) is 9.96. The van der Waals surface area contributed by atoms with E-state index in [1.807, 2.05) is 19.2 Å². The molecule has 3 aliphatic carbocycles. The number of likely N-dealkylation sites (N-methyl/N-ethyl adjacent to an activating group) is 1. The summed E-state index contributed by atoms with van der Waals surface area (Å²) in [4.78, 5) is 17.8. The Morgan fingerprint density at radius 3 is 2.68 bits per heavy atom. The second kappa shape index (κ2) is 9.17. The van der Waals surface area contributed by atoms with E-state index in [9.17, 15) is 15.0 Å². The lowest BCUT2D eigenvalue weighted by Gasteiger charge is -2.64. The molecule has 1 saturated heterocycles. The minimum atomic E-state index is -0.957. The van der Waals surface area contributed by atoms with Crippen LogP contribution in [0.25, 0.3) is 0 Å². The molecule has 6 nitrogen and oxygen atoms in total. The first-order valence-corrected chi connectivity index (χ1v) is 14.2. The molecule has 2 saturated carbocycles. The number of likely N-dealkylation sites (tertiary alicyclic amines) is 1. The molecule has 2 N–H and O–H groups in total. The third kappa shape index (κ3) is 3.63. The van der Waals surface area contributed by atoms with Crippen LogP contribution in [0.15, 0.2) is 30.3 Å². The van der Waals surface area contributed by atoms with Gasteiger partial charge in [-0.25, -0.2) is 0 Å². The van der Waals surface area contributed by atoms with Crippen molar-refractivity contribution in [3.8, 4) is 11.5 Å². The van der Waals surface area contributed by atoms with Crippen molar-refractivity contribution in [1.82, 2.24) is 9.80 Å². The molecule has 9 heteroatoms. The number of halogens is 3. The Kier molecular flexibility index (Phi) is 6.40. The average Bonchev–Trinajstić information content (AvgIpc) is 3.61. The van der Waals surface area contributed by atoms with Crippen LogP contribution in [0.5, 0.6) is 11.5 Å². The van der Waals surface area contributed by atoms with E-state index in [1.54, 1.807) is 23.1 Å². The molecular weight excluding hydrogens is 547 g/mol. The molecule has 1 amide bonds. The first-order valence-electron chi connectivity index (χ1n) is 13.4. The predicted molar refractivity (Wildman–Crippen MR) is 149 cm³/mol. The summed E-state index contributed by atoms with van der Waals surface area (Å²) in [6, 6.07) is 8.81. The summed E-state index contributed by atoms with van der Waals surface area (Å²) in [6.45, 7) is 1.94. The summed E-state index contributed by atoms with van der Waals surface area (Å²) in [5.41, 5.74) is 1.35. The number of carbonyl (C=O) groups is 1. The molecule has 0 aromatic heterocycles. The SMILES string of the molecule is CN(C(=O)Cc1ccc(Cl)c(Cl)c1)[C@@H]1CC[C@@]2(O)[C@H]3Cc4ccc(O)c5c4[C@@]2(CCN3CC2CC2)[C@H]1O5.Cl. The van der Waals surface area contributed by atoms with E-state index in [0.717, 1.165) is 48.5 Å². The maximum atomic E-state index is 13.5. The highest BCUT2D eigenvalue weighted by molar-refractivity contribution is 6.42. The van der Waals surface area contributed by atoms with E-state index in [-0.39, 0.29) is 42.6 Å². The molecule has 0 unspecified atom stereocenters. The van der Waals surface area contributed by atoms with Crippen molar-refractivity contribution < 1.29 is 19.7 Å². The first kappa shape index (κ1) is 26.5. The molecule has 2 bridgehead atoms. The zero-order valence-electron chi connectivity index (χ0n) is 21.3. The molecule has 5 aliphatic rings. The zero-order valence-corrected chi connectivity index (χ0v) is 23.7. The Bertz CT molecular complexity index is 1300. The van der Waals surface area contributed by atoms with Crippen LogP contribution in [0.4, 0.5) is 0 Å². The number of hydrogen-bond donors (Lipinski definition) is 2. The van der Waals surface area contributed by atoms with Crippen molar-refractivity contribution in [2.75, 3.05) is 20.1 Å². The Morgan fingerprint density at radius 1 is 1.16 bits per heavy atom. The summed E-state index contributed by atoms with van der Waals surface area (Å²) < 4.78 is 6.61. The topological polar surface area (TPSA) is 73.2 Å². The lowest BCUT2D eigenvalue weighted by Crippen LogP contribution is -2.78. The minimum Gasteiger partial charge on any atom is -0.504 e. The van der Waals surface area contributed by atoms with Gasteiger partial charge in [-0.15, -0.1) is 12.4 Å². The number of aliphatic hydroxyl groups is 1. The van der Waals surface area contributed by atoms with Crippen LogP contribution in [-0.2, 0) is 23.1 Å². The van der Waals surface area contributed by atoms with Crippen molar-refractivity contribution in [2.24, 2.45) is 5.92 Å². The number of amides is 1. The van der Waals surface area contributed by atoms with Gasteiger partial charge in [-0.3, -0.25) is 9.69 Å². The van der Waals surface area contributed by atoms with Crippen LogP contribution in [0, 0.1) is 5.92 Å². The normalized spacial score (nSPS) is 32.7. The number of piperidine rings is 1. The fourth-order valence-electron chi connectivity index (χ4n) is 7.99. The number of hydrogen-bond acceptors (Lipinski definition) is 5. The van der Waals surface area contributed by atoms with Crippen molar-refractivity contribution in [2.45, 2.75) is 74.1 Å². The van der Waals surface area contributed by atoms with Gasteiger partial charge in [0, 0.05) is 25.2 Å². The molecule has 5 atom stereocenters. The highest BCUT2D eigenvalue weighted by Gasteiger charge is 2.73. The van der Waals surface area contributed by atoms with E-state index in [1.165, 1.54) is 12.8 Å². The van der Waals surface area contributed by atoms with Gasteiger partial charge in [0.15, 0.2) is 11.5 Å². The zero-order chi connectivity index (χ0) is 25.7. The van der Waals surface area contributed by atoms with Crippen molar-refractivity contribution in [3.63, 3.8) is 0 Å². The monoisotopic (exact) mass is 578 g/mol. The average molecular weight is 580 g/mol. The minimum absolute atomic E-state index is 0. The summed E-state index contributed by atoms with van der Waals surface area (Å²) in [5, 5.41) is 24.3. The largest absolute Gasteiger partial charge is 0.504 e. The Labute approximate surface area is 239 Å². The number of phenols is 1.